The molecule has 0 fully saturated rings. The predicted molar refractivity (Wildman–Crippen MR) is 58.9 cm³/mol. The Morgan fingerprint density at radius 1 is 1.33 bits per heavy atom. The topological polar surface area (TPSA) is 55.5 Å². The van der Waals surface area contributed by atoms with Gasteiger partial charge in [-0.1, -0.05) is 0 Å². The highest BCUT2D eigenvalue weighted by Gasteiger charge is 2.31. The highest BCUT2D eigenvalue weighted by molar-refractivity contribution is 5.85. The molecule has 0 saturated heterocycles. The quantitative estimate of drug-likeness (QED) is 0.841. The van der Waals surface area contributed by atoms with Crippen LogP contribution in [-0.4, -0.2) is 17.6 Å². The molecule has 0 aliphatic heterocycles. The molecule has 0 spiro atoms. The Labute approximate surface area is 107 Å². The highest BCUT2D eigenvalue weighted by Crippen LogP contribution is 2.27. The van der Waals surface area contributed by atoms with Gasteiger partial charge in [0.25, 0.3) is 0 Å². The van der Waals surface area contributed by atoms with Gasteiger partial charge in [-0.2, -0.15) is 0 Å². The molecule has 0 bridgehead atoms. The summed E-state index contributed by atoms with van der Waals surface area (Å²) in [4.78, 5) is 0. The lowest BCUT2D eigenvalue weighted by molar-refractivity contribution is -0.274. The van der Waals surface area contributed by atoms with Crippen LogP contribution in [0, 0.1) is 5.82 Å². The Bertz CT molecular complexity index is 398. The summed E-state index contributed by atoms with van der Waals surface area (Å²) in [5, 5.41) is 9.17. The summed E-state index contributed by atoms with van der Waals surface area (Å²) in [5.41, 5.74) is 5.21. The minimum atomic E-state index is -4.86. The summed E-state index contributed by atoms with van der Waals surface area (Å²) in [6, 6.07) is 1.34. The van der Waals surface area contributed by atoms with E-state index in [2.05, 4.69) is 4.74 Å². The molecule has 0 aliphatic carbocycles. The average Bonchev–Trinajstić information content (AvgIpc) is 2.17. The van der Waals surface area contributed by atoms with E-state index in [1.54, 1.807) is 0 Å². The van der Waals surface area contributed by atoms with Crippen LogP contribution in [0.1, 0.15) is 18.5 Å². The Kier molecular flexibility index (Phi) is 5.85. The largest absolute Gasteiger partial charge is 0.573 e. The third-order valence-corrected chi connectivity index (χ3v) is 2.08. The molecule has 0 radical (unpaired) electrons. The standard InChI is InChI=1S/C10H11F4NO2.ClH/c1-5(16)9(15)7-4-6(2-3-8(7)11)17-10(12,13)14;/h2-5,9,16H,15H2,1H3;1H/t5-,9-;/m0./s1. The van der Waals surface area contributed by atoms with E-state index >= 15 is 0 Å². The van der Waals surface area contributed by atoms with Gasteiger partial charge in [0.1, 0.15) is 11.6 Å². The van der Waals surface area contributed by atoms with Crippen LogP contribution in [-0.2, 0) is 0 Å². The minimum Gasteiger partial charge on any atom is -0.406 e. The average molecular weight is 290 g/mol. The molecule has 0 heterocycles. The smallest absolute Gasteiger partial charge is 0.406 e. The number of aliphatic hydroxyl groups is 1. The zero-order valence-electron chi connectivity index (χ0n) is 9.24. The van der Waals surface area contributed by atoms with Gasteiger partial charge in [0, 0.05) is 5.56 Å². The number of alkyl halides is 3. The van der Waals surface area contributed by atoms with E-state index in [1.165, 1.54) is 6.92 Å². The molecule has 0 saturated carbocycles. The van der Waals surface area contributed by atoms with Crippen molar-refractivity contribution >= 4 is 12.4 Å². The van der Waals surface area contributed by atoms with Crippen molar-refractivity contribution in [2.75, 3.05) is 0 Å². The first-order chi connectivity index (χ1) is 7.70. The van der Waals surface area contributed by atoms with Crippen molar-refractivity contribution in [3.63, 3.8) is 0 Å². The number of aliphatic hydroxyl groups excluding tert-OH is 1. The van der Waals surface area contributed by atoms with E-state index in [0.29, 0.717) is 0 Å². The number of benzene rings is 1. The van der Waals surface area contributed by atoms with Gasteiger partial charge >= 0.3 is 6.36 Å². The molecule has 1 aromatic carbocycles. The fourth-order valence-electron chi connectivity index (χ4n) is 1.23. The zero-order valence-corrected chi connectivity index (χ0v) is 10.1. The second-order valence-corrected chi connectivity index (χ2v) is 3.50. The monoisotopic (exact) mass is 289 g/mol. The van der Waals surface area contributed by atoms with Crippen LogP contribution in [0.5, 0.6) is 5.75 Å². The fraction of sp³-hybridized carbons (Fsp3) is 0.400. The van der Waals surface area contributed by atoms with Crippen molar-refractivity contribution in [3.05, 3.63) is 29.6 Å². The van der Waals surface area contributed by atoms with Gasteiger partial charge in [-0.25, -0.2) is 4.39 Å². The Balaban J connectivity index is 0.00000289. The molecule has 104 valence electrons. The van der Waals surface area contributed by atoms with Crippen LogP contribution in [0.15, 0.2) is 18.2 Å². The first-order valence-corrected chi connectivity index (χ1v) is 4.69. The van der Waals surface area contributed by atoms with Gasteiger partial charge in [-0.3, -0.25) is 0 Å². The minimum absolute atomic E-state index is 0. The van der Waals surface area contributed by atoms with Crippen LogP contribution in [0.2, 0.25) is 0 Å². The second-order valence-electron chi connectivity index (χ2n) is 3.50. The number of halogens is 5. The second kappa shape index (κ2) is 6.21. The molecule has 2 atom stereocenters. The molecular weight excluding hydrogens is 278 g/mol. The van der Waals surface area contributed by atoms with E-state index in [-0.39, 0.29) is 18.0 Å². The number of ether oxygens (including phenoxy) is 1. The van der Waals surface area contributed by atoms with Gasteiger partial charge in [0.15, 0.2) is 0 Å². The third kappa shape index (κ3) is 4.67. The summed E-state index contributed by atoms with van der Waals surface area (Å²) in [6.07, 6.45) is -5.95. The molecule has 0 aliphatic rings. The fourth-order valence-corrected chi connectivity index (χ4v) is 1.23. The van der Waals surface area contributed by atoms with E-state index < -0.39 is 30.1 Å². The van der Waals surface area contributed by atoms with Crippen LogP contribution < -0.4 is 10.5 Å². The number of hydrogen-bond acceptors (Lipinski definition) is 3. The van der Waals surface area contributed by atoms with Gasteiger partial charge in [0.05, 0.1) is 12.1 Å². The lowest BCUT2D eigenvalue weighted by atomic mass is 10.0. The Hall–Kier alpha value is -1.05. The van der Waals surface area contributed by atoms with Crippen molar-refractivity contribution in [2.45, 2.75) is 25.4 Å². The Morgan fingerprint density at radius 2 is 1.89 bits per heavy atom. The zero-order chi connectivity index (χ0) is 13.2. The Morgan fingerprint density at radius 3 is 2.33 bits per heavy atom. The van der Waals surface area contributed by atoms with Crippen LogP contribution in [0.25, 0.3) is 0 Å². The van der Waals surface area contributed by atoms with Crippen molar-refractivity contribution in [1.82, 2.24) is 0 Å². The van der Waals surface area contributed by atoms with Crippen LogP contribution in [0.3, 0.4) is 0 Å². The summed E-state index contributed by atoms with van der Waals surface area (Å²) in [6.45, 7) is 1.31. The first kappa shape index (κ1) is 16.9. The van der Waals surface area contributed by atoms with E-state index in [9.17, 15) is 17.6 Å². The third-order valence-electron chi connectivity index (χ3n) is 2.08. The summed E-state index contributed by atoms with van der Waals surface area (Å²) < 4.78 is 52.7. The van der Waals surface area contributed by atoms with Gasteiger partial charge in [0.2, 0.25) is 0 Å². The maximum absolute atomic E-state index is 13.3. The molecule has 0 aromatic heterocycles. The van der Waals surface area contributed by atoms with E-state index in [0.717, 1.165) is 18.2 Å². The maximum Gasteiger partial charge on any atom is 0.573 e. The first-order valence-electron chi connectivity index (χ1n) is 4.69. The van der Waals surface area contributed by atoms with Crippen LogP contribution >= 0.6 is 12.4 Å². The molecule has 3 N–H and O–H groups in total. The SMILES string of the molecule is C[C@H](O)[C@H](N)c1cc(OC(F)(F)F)ccc1F.Cl. The summed E-state index contributed by atoms with van der Waals surface area (Å²) in [5.74, 6) is -1.38. The lowest BCUT2D eigenvalue weighted by Crippen LogP contribution is -2.24. The van der Waals surface area contributed by atoms with Crippen molar-refractivity contribution < 1.29 is 27.4 Å². The van der Waals surface area contributed by atoms with Crippen LogP contribution in [0.4, 0.5) is 17.6 Å². The van der Waals surface area contributed by atoms with Gasteiger partial charge in [-0.05, 0) is 25.1 Å². The normalized spacial score (nSPS) is 14.6. The molecule has 1 aromatic rings. The maximum atomic E-state index is 13.3. The van der Waals surface area contributed by atoms with E-state index in [4.69, 9.17) is 10.8 Å². The van der Waals surface area contributed by atoms with Crippen molar-refractivity contribution in [2.24, 2.45) is 5.73 Å². The summed E-state index contributed by atoms with van der Waals surface area (Å²) >= 11 is 0. The van der Waals surface area contributed by atoms with Gasteiger partial charge in [-0.15, -0.1) is 25.6 Å². The number of nitrogens with two attached hydrogens (primary N) is 1. The highest BCUT2D eigenvalue weighted by atomic mass is 35.5. The molecule has 0 unspecified atom stereocenters. The molecule has 3 nitrogen and oxygen atoms in total. The van der Waals surface area contributed by atoms with Crippen molar-refractivity contribution in [3.8, 4) is 5.75 Å². The molecular formula is C10H12ClF4NO2. The molecule has 0 amide bonds. The van der Waals surface area contributed by atoms with Gasteiger partial charge < -0.3 is 15.6 Å². The predicted octanol–water partition coefficient (Wildman–Crippen LogP) is 2.53. The van der Waals surface area contributed by atoms with Crippen molar-refractivity contribution in [1.29, 1.82) is 0 Å². The molecule has 8 heteroatoms. The summed E-state index contributed by atoms with van der Waals surface area (Å²) in [7, 11) is 0. The number of rotatable bonds is 3. The number of hydrogen-bond donors (Lipinski definition) is 2. The molecule has 1 rings (SSSR count). The van der Waals surface area contributed by atoms with E-state index in [1.807, 2.05) is 0 Å². The molecule has 18 heavy (non-hydrogen) atoms. The lowest BCUT2D eigenvalue weighted by Gasteiger charge is -2.17.